The molecule has 2 N–H and O–H groups in total. The lowest BCUT2D eigenvalue weighted by atomic mass is 10.0. The summed E-state index contributed by atoms with van der Waals surface area (Å²) in [5, 5.41) is 6.48. The van der Waals surface area contributed by atoms with Gasteiger partial charge in [0.05, 0.1) is 6.04 Å². The third-order valence-electron chi connectivity index (χ3n) is 3.98. The fourth-order valence-electron chi connectivity index (χ4n) is 2.84. The maximum Gasteiger partial charge on any atom is 0.237 e. The van der Waals surface area contributed by atoms with E-state index in [9.17, 15) is 4.79 Å². The average Bonchev–Trinajstić information content (AvgIpc) is 2.72. The van der Waals surface area contributed by atoms with Gasteiger partial charge in [0.1, 0.15) is 0 Å². The molecule has 0 spiro atoms. The van der Waals surface area contributed by atoms with Gasteiger partial charge in [-0.25, -0.2) is 0 Å². The summed E-state index contributed by atoms with van der Waals surface area (Å²) in [6.45, 7) is 3.32. The molecule has 1 amide bonds. The number of rotatable bonds is 2. The molecular formula is C13H24N2O. The summed E-state index contributed by atoms with van der Waals surface area (Å²) in [6, 6.07) is 0.514. The van der Waals surface area contributed by atoms with E-state index in [4.69, 9.17) is 0 Å². The number of carbonyl (C=O) groups is 1. The molecule has 3 atom stereocenters. The molecule has 2 rings (SSSR count). The molecule has 2 aliphatic rings. The highest BCUT2D eigenvalue weighted by Gasteiger charge is 2.25. The second-order valence-corrected chi connectivity index (χ2v) is 5.47. The first kappa shape index (κ1) is 11.9. The van der Waals surface area contributed by atoms with E-state index >= 15 is 0 Å². The predicted octanol–water partition coefficient (Wildman–Crippen LogP) is 1.82. The Balaban J connectivity index is 1.77. The van der Waals surface area contributed by atoms with E-state index in [1.807, 2.05) is 0 Å². The zero-order chi connectivity index (χ0) is 11.4. The normalized spacial score (nSPS) is 35.7. The average molecular weight is 224 g/mol. The van der Waals surface area contributed by atoms with E-state index < -0.39 is 0 Å². The molecule has 2 fully saturated rings. The molecule has 0 bridgehead atoms. The van der Waals surface area contributed by atoms with Gasteiger partial charge in [-0.3, -0.25) is 4.79 Å². The van der Waals surface area contributed by atoms with Crippen molar-refractivity contribution in [2.24, 2.45) is 5.92 Å². The van der Waals surface area contributed by atoms with E-state index in [-0.39, 0.29) is 11.9 Å². The molecule has 1 aliphatic carbocycles. The van der Waals surface area contributed by atoms with Gasteiger partial charge in [-0.1, -0.05) is 19.8 Å². The molecule has 0 radical (unpaired) electrons. The lowest BCUT2D eigenvalue weighted by Crippen LogP contribution is -2.45. The summed E-state index contributed by atoms with van der Waals surface area (Å²) in [5.41, 5.74) is 0. The topological polar surface area (TPSA) is 41.1 Å². The van der Waals surface area contributed by atoms with Crippen molar-refractivity contribution in [3.05, 3.63) is 0 Å². The van der Waals surface area contributed by atoms with Gasteiger partial charge in [0, 0.05) is 6.04 Å². The molecule has 1 heterocycles. The summed E-state index contributed by atoms with van der Waals surface area (Å²) >= 11 is 0. The lowest BCUT2D eigenvalue weighted by molar-refractivity contribution is -0.123. The molecule has 3 heteroatoms. The smallest absolute Gasteiger partial charge is 0.237 e. The number of hydrogen-bond acceptors (Lipinski definition) is 2. The van der Waals surface area contributed by atoms with Crippen LogP contribution in [0.3, 0.4) is 0 Å². The molecule has 3 nitrogen and oxygen atoms in total. The van der Waals surface area contributed by atoms with Crippen LogP contribution in [0.15, 0.2) is 0 Å². The second kappa shape index (κ2) is 5.67. The highest BCUT2D eigenvalue weighted by molar-refractivity contribution is 5.82. The van der Waals surface area contributed by atoms with Crippen molar-refractivity contribution < 1.29 is 4.79 Å². The quantitative estimate of drug-likeness (QED) is 0.703. The molecule has 0 aromatic heterocycles. The minimum absolute atomic E-state index is 0.0840. The summed E-state index contributed by atoms with van der Waals surface area (Å²) in [5.74, 6) is 1.07. The van der Waals surface area contributed by atoms with Gasteiger partial charge in [0.2, 0.25) is 5.91 Å². The van der Waals surface area contributed by atoms with E-state index in [2.05, 4.69) is 17.6 Å². The Morgan fingerprint density at radius 2 is 2.00 bits per heavy atom. The van der Waals surface area contributed by atoms with Crippen LogP contribution in [0.1, 0.15) is 51.9 Å². The number of nitrogens with one attached hydrogen (secondary N) is 2. The van der Waals surface area contributed by atoms with Crippen LogP contribution in [0.4, 0.5) is 0 Å². The van der Waals surface area contributed by atoms with E-state index in [0.29, 0.717) is 6.04 Å². The Morgan fingerprint density at radius 3 is 2.75 bits per heavy atom. The van der Waals surface area contributed by atoms with Crippen LogP contribution in [0, 0.1) is 5.92 Å². The first-order valence-electron chi connectivity index (χ1n) is 6.79. The van der Waals surface area contributed by atoms with Crippen LogP contribution in [0.2, 0.25) is 0 Å². The van der Waals surface area contributed by atoms with Crippen molar-refractivity contribution in [1.82, 2.24) is 10.6 Å². The maximum atomic E-state index is 11.9. The number of hydrogen-bond donors (Lipinski definition) is 2. The highest BCUT2D eigenvalue weighted by atomic mass is 16.2. The van der Waals surface area contributed by atoms with E-state index in [0.717, 1.165) is 25.3 Å². The standard InChI is InChI=1S/C13H24N2O/c1-10-4-2-5-11(8-7-10)15-13(16)12-6-3-9-14-12/h10-12,14H,2-9H2,1H3,(H,15,16)/t10?,11?,12-/m1/s1. The van der Waals surface area contributed by atoms with Crippen molar-refractivity contribution >= 4 is 5.91 Å². The van der Waals surface area contributed by atoms with Gasteiger partial charge in [-0.05, 0) is 44.6 Å². The molecule has 2 unspecified atom stereocenters. The van der Waals surface area contributed by atoms with Gasteiger partial charge in [-0.2, -0.15) is 0 Å². The van der Waals surface area contributed by atoms with E-state index in [1.165, 1.54) is 32.1 Å². The van der Waals surface area contributed by atoms with Crippen molar-refractivity contribution in [3.8, 4) is 0 Å². The van der Waals surface area contributed by atoms with Gasteiger partial charge < -0.3 is 10.6 Å². The molecule has 1 saturated carbocycles. The van der Waals surface area contributed by atoms with Crippen LogP contribution in [0.5, 0.6) is 0 Å². The van der Waals surface area contributed by atoms with Crippen LogP contribution in [-0.2, 0) is 4.79 Å². The van der Waals surface area contributed by atoms with Crippen molar-refractivity contribution in [3.63, 3.8) is 0 Å². The fraction of sp³-hybridized carbons (Fsp3) is 0.923. The number of amides is 1. The second-order valence-electron chi connectivity index (χ2n) is 5.47. The summed E-state index contributed by atoms with van der Waals surface area (Å²) in [4.78, 5) is 11.9. The minimum Gasteiger partial charge on any atom is -0.352 e. The number of carbonyl (C=O) groups excluding carboxylic acids is 1. The monoisotopic (exact) mass is 224 g/mol. The first-order valence-corrected chi connectivity index (χ1v) is 6.79. The maximum absolute atomic E-state index is 11.9. The third kappa shape index (κ3) is 3.21. The minimum atomic E-state index is 0.0840. The van der Waals surface area contributed by atoms with Gasteiger partial charge in [-0.15, -0.1) is 0 Å². The van der Waals surface area contributed by atoms with Crippen molar-refractivity contribution in [2.75, 3.05) is 6.54 Å². The Kier molecular flexibility index (Phi) is 4.22. The summed E-state index contributed by atoms with van der Waals surface area (Å²) < 4.78 is 0. The van der Waals surface area contributed by atoms with Gasteiger partial charge >= 0.3 is 0 Å². The predicted molar refractivity (Wildman–Crippen MR) is 65.2 cm³/mol. The van der Waals surface area contributed by atoms with Crippen LogP contribution < -0.4 is 10.6 Å². The summed E-state index contributed by atoms with van der Waals surface area (Å²) in [7, 11) is 0. The fourth-order valence-corrected chi connectivity index (χ4v) is 2.84. The molecule has 16 heavy (non-hydrogen) atoms. The first-order chi connectivity index (χ1) is 7.75. The molecule has 0 aromatic rings. The molecule has 1 aliphatic heterocycles. The Hall–Kier alpha value is -0.570. The zero-order valence-corrected chi connectivity index (χ0v) is 10.3. The van der Waals surface area contributed by atoms with Crippen LogP contribution in [-0.4, -0.2) is 24.5 Å². The largest absolute Gasteiger partial charge is 0.352 e. The molecule has 1 saturated heterocycles. The van der Waals surface area contributed by atoms with E-state index in [1.54, 1.807) is 0 Å². The zero-order valence-electron chi connectivity index (χ0n) is 10.3. The SMILES string of the molecule is CC1CCCC(NC(=O)[C@H]2CCCN2)CC1. The highest BCUT2D eigenvalue weighted by Crippen LogP contribution is 2.22. The van der Waals surface area contributed by atoms with Crippen molar-refractivity contribution in [1.29, 1.82) is 0 Å². The lowest BCUT2D eigenvalue weighted by Gasteiger charge is -2.19. The van der Waals surface area contributed by atoms with Crippen LogP contribution >= 0.6 is 0 Å². The molecular weight excluding hydrogens is 200 g/mol. The van der Waals surface area contributed by atoms with Crippen molar-refractivity contribution in [2.45, 2.75) is 64.0 Å². The van der Waals surface area contributed by atoms with Crippen LogP contribution in [0.25, 0.3) is 0 Å². The van der Waals surface area contributed by atoms with Gasteiger partial charge in [0.25, 0.3) is 0 Å². The Morgan fingerprint density at radius 1 is 1.12 bits per heavy atom. The Bertz CT molecular complexity index is 236. The molecule has 92 valence electrons. The third-order valence-corrected chi connectivity index (χ3v) is 3.98. The molecule has 0 aromatic carbocycles. The Labute approximate surface area is 98.4 Å². The summed E-state index contributed by atoms with van der Waals surface area (Å²) in [6.07, 6.45) is 8.35. The van der Waals surface area contributed by atoms with Gasteiger partial charge in [0.15, 0.2) is 0 Å².